The van der Waals surface area contributed by atoms with Gasteiger partial charge in [-0.05, 0) is 74.8 Å². The molecule has 2 aliphatic heterocycles. The van der Waals surface area contributed by atoms with E-state index in [2.05, 4.69) is 40.7 Å². The molecule has 1 saturated carbocycles. The van der Waals surface area contributed by atoms with Gasteiger partial charge in [-0.25, -0.2) is 15.0 Å². The van der Waals surface area contributed by atoms with Gasteiger partial charge >= 0.3 is 0 Å². The number of ketones is 1. The second kappa shape index (κ2) is 19.1. The highest BCUT2D eigenvalue weighted by atomic mass is 32.1. The van der Waals surface area contributed by atoms with Gasteiger partial charge in [0.05, 0.1) is 51.7 Å². The molecule has 17 heteroatoms. The molecule has 65 heavy (non-hydrogen) atoms. The van der Waals surface area contributed by atoms with Crippen molar-refractivity contribution >= 4 is 57.4 Å². The van der Waals surface area contributed by atoms with Crippen LogP contribution in [0.2, 0.25) is 0 Å². The average molecular weight is 904 g/mol. The summed E-state index contributed by atoms with van der Waals surface area (Å²) in [6.07, 6.45) is 6.69. The van der Waals surface area contributed by atoms with E-state index in [1.54, 1.807) is 33.9 Å². The lowest BCUT2D eigenvalue weighted by molar-refractivity contribution is -0.142. The number of nitrogens with zero attached hydrogens (tertiary/aromatic N) is 8. The number of anilines is 3. The minimum atomic E-state index is -0.791. The molecular formula is C48H61N11O5S. The van der Waals surface area contributed by atoms with E-state index in [9.17, 15) is 24.3 Å². The Labute approximate surface area is 383 Å². The fraction of sp³-hybridized carbons (Fsp3) is 0.500. The Bertz CT molecular complexity index is 2590. The van der Waals surface area contributed by atoms with Crippen LogP contribution in [0.1, 0.15) is 106 Å². The zero-order valence-electron chi connectivity index (χ0n) is 38.4. The fourth-order valence-electron chi connectivity index (χ4n) is 9.59. The van der Waals surface area contributed by atoms with E-state index in [-0.39, 0.29) is 53.8 Å². The van der Waals surface area contributed by atoms with Crippen molar-refractivity contribution in [1.29, 1.82) is 0 Å². The lowest BCUT2D eigenvalue weighted by Gasteiger charge is -2.39. The zero-order chi connectivity index (χ0) is 46.2. The average Bonchev–Trinajstić information content (AvgIpc) is 4.06. The Morgan fingerprint density at radius 2 is 1.68 bits per heavy atom. The number of aliphatic hydroxyl groups is 1. The second-order valence-electron chi connectivity index (χ2n) is 18.9. The summed E-state index contributed by atoms with van der Waals surface area (Å²) >= 11 is 1.60. The maximum atomic E-state index is 14.3. The first-order valence-corrected chi connectivity index (χ1v) is 23.6. The summed E-state index contributed by atoms with van der Waals surface area (Å²) in [5.41, 5.74) is 6.39. The fourth-order valence-corrected chi connectivity index (χ4v) is 10.4. The number of aromatic nitrogens is 5. The van der Waals surface area contributed by atoms with E-state index in [0.717, 1.165) is 79.2 Å². The highest BCUT2D eigenvalue weighted by Crippen LogP contribution is 2.33. The number of carbonyl (C=O) groups excluding carboxylic acids is 3. The van der Waals surface area contributed by atoms with Crippen molar-refractivity contribution in [3.8, 4) is 10.4 Å². The molecular weight excluding hydrogens is 843 g/mol. The van der Waals surface area contributed by atoms with Crippen LogP contribution in [0.15, 0.2) is 59.1 Å². The van der Waals surface area contributed by atoms with Gasteiger partial charge in [-0.15, -0.1) is 11.3 Å². The number of rotatable bonds is 13. The van der Waals surface area contributed by atoms with Gasteiger partial charge in [0.25, 0.3) is 5.56 Å². The van der Waals surface area contributed by atoms with Gasteiger partial charge in [0, 0.05) is 63.4 Å². The Kier molecular flexibility index (Phi) is 13.5. The standard InChI is InChI=1S/C48H61N11O5S/c1-28-37-24-50-47(55-43(37)59(34-10-8-9-11-34)45(63)40(28)31(4)60)54-39-17-16-35(23-49-39)57-20-18-56(19-21-57)26-51-42(48(5,6)7)46(64)58-25-36(61)22-38(58)44(62)53-29(2)32-12-14-33(15-13-32)41-30(3)52-27-65-41/h12-17,23-24,27,29,34,36,38,42,51,61H,8-11,18-22,25-26H2,1-7H3,(H,53,62)(H,49,50,54,55). The number of likely N-dealkylation sites (tertiary alicyclic amines) is 1. The predicted molar refractivity (Wildman–Crippen MR) is 254 cm³/mol. The Hall–Kier alpha value is -5.62. The van der Waals surface area contributed by atoms with Crippen LogP contribution >= 0.6 is 11.3 Å². The number of carbonyl (C=O) groups is 3. The SMILES string of the molecule is CC(=O)c1c(C)c2cnc(Nc3ccc(N4CCN(CNC(C(=O)N5CC(O)CC5C(=O)NC(C)c5ccc(-c6scnc6C)cc5)C(C)(C)C)CC4)cn3)nc2n(C2CCCC2)c1=O. The van der Waals surface area contributed by atoms with Crippen molar-refractivity contribution in [2.24, 2.45) is 5.41 Å². The summed E-state index contributed by atoms with van der Waals surface area (Å²) in [6, 6.07) is 10.3. The third kappa shape index (κ3) is 9.83. The molecule has 1 aromatic carbocycles. The molecule has 3 fully saturated rings. The number of aliphatic hydroxyl groups excluding tert-OH is 1. The topological polar surface area (TPSA) is 191 Å². The number of piperazine rings is 1. The summed E-state index contributed by atoms with van der Waals surface area (Å²) < 4.78 is 1.70. The van der Waals surface area contributed by atoms with Crippen molar-refractivity contribution in [3.05, 3.63) is 87.0 Å². The quantitative estimate of drug-likeness (QED) is 0.102. The van der Waals surface area contributed by atoms with Gasteiger partial charge in [0.2, 0.25) is 17.8 Å². The lowest BCUT2D eigenvalue weighted by atomic mass is 9.85. The summed E-state index contributed by atoms with van der Waals surface area (Å²) in [7, 11) is 0. The molecule has 4 atom stereocenters. The molecule has 0 bridgehead atoms. The predicted octanol–water partition coefficient (Wildman–Crippen LogP) is 5.91. The van der Waals surface area contributed by atoms with Crippen LogP contribution in [-0.2, 0) is 9.59 Å². The maximum Gasteiger partial charge on any atom is 0.263 e. The van der Waals surface area contributed by atoms with Crippen LogP contribution in [-0.4, -0.2) is 115 Å². The largest absolute Gasteiger partial charge is 0.391 e. The molecule has 6 heterocycles. The van der Waals surface area contributed by atoms with E-state index in [0.29, 0.717) is 35.0 Å². The summed E-state index contributed by atoms with van der Waals surface area (Å²) in [4.78, 5) is 79.8. The van der Waals surface area contributed by atoms with Crippen LogP contribution < -0.4 is 26.4 Å². The molecule has 4 N–H and O–H groups in total. The van der Waals surface area contributed by atoms with Gasteiger partial charge in [0.15, 0.2) is 5.78 Å². The van der Waals surface area contributed by atoms with Gasteiger partial charge in [-0.2, -0.15) is 4.98 Å². The van der Waals surface area contributed by atoms with E-state index in [1.807, 2.05) is 82.7 Å². The van der Waals surface area contributed by atoms with Crippen molar-refractivity contribution in [3.63, 3.8) is 0 Å². The third-order valence-corrected chi connectivity index (χ3v) is 14.2. The number of benzene rings is 1. The molecule has 2 amide bonds. The van der Waals surface area contributed by atoms with Gasteiger partial charge < -0.3 is 25.5 Å². The normalized spacial score (nSPS) is 19.4. The first-order valence-electron chi connectivity index (χ1n) is 22.7. The molecule has 8 rings (SSSR count). The smallest absolute Gasteiger partial charge is 0.263 e. The molecule has 2 saturated heterocycles. The molecule has 4 aromatic heterocycles. The number of fused-ring (bicyclic) bond motifs is 1. The molecule has 0 radical (unpaired) electrons. The number of aryl methyl sites for hydroxylation is 2. The van der Waals surface area contributed by atoms with E-state index in [4.69, 9.17) is 4.98 Å². The van der Waals surface area contributed by atoms with E-state index >= 15 is 0 Å². The Morgan fingerprint density at radius 1 is 0.954 bits per heavy atom. The summed E-state index contributed by atoms with van der Waals surface area (Å²) in [5, 5.41) is 21.3. The third-order valence-electron chi connectivity index (χ3n) is 13.2. The Morgan fingerprint density at radius 3 is 2.31 bits per heavy atom. The van der Waals surface area contributed by atoms with Gasteiger partial charge in [-0.1, -0.05) is 57.9 Å². The van der Waals surface area contributed by atoms with Gasteiger partial charge in [0.1, 0.15) is 17.5 Å². The molecule has 5 aromatic rings. The number of amides is 2. The zero-order valence-corrected chi connectivity index (χ0v) is 39.2. The number of Topliss-reactive ketones (excluding diaryl/α,β-unsaturated/α-hetero) is 1. The van der Waals surface area contributed by atoms with Crippen LogP contribution in [0.3, 0.4) is 0 Å². The molecule has 16 nitrogen and oxygen atoms in total. The number of hydrogen-bond donors (Lipinski definition) is 4. The van der Waals surface area contributed by atoms with Crippen molar-refractivity contribution in [2.45, 2.75) is 111 Å². The van der Waals surface area contributed by atoms with Crippen molar-refractivity contribution in [1.82, 2.24) is 44.9 Å². The minimum absolute atomic E-state index is 0.00936. The number of hydrogen-bond acceptors (Lipinski definition) is 14. The highest BCUT2D eigenvalue weighted by Gasteiger charge is 2.44. The van der Waals surface area contributed by atoms with Crippen LogP contribution in [0, 0.1) is 19.3 Å². The maximum absolute atomic E-state index is 14.3. The van der Waals surface area contributed by atoms with E-state index in [1.165, 1.54) is 6.92 Å². The number of nitrogens with one attached hydrogen (secondary N) is 3. The number of β-amino-alcohol motifs (C(OH)–C–C–N with tert-alkyl or cyclic N) is 1. The number of thiazole rings is 1. The first kappa shape index (κ1) is 45.9. The molecule has 3 aliphatic rings. The Balaban J connectivity index is 0.859. The molecule has 4 unspecified atom stereocenters. The van der Waals surface area contributed by atoms with E-state index < -0.39 is 23.6 Å². The van der Waals surface area contributed by atoms with Crippen LogP contribution in [0.5, 0.6) is 0 Å². The molecule has 344 valence electrons. The number of pyridine rings is 2. The van der Waals surface area contributed by atoms with Crippen molar-refractivity contribution in [2.75, 3.05) is 49.6 Å². The molecule has 1 aliphatic carbocycles. The van der Waals surface area contributed by atoms with Crippen LogP contribution in [0.25, 0.3) is 21.5 Å². The van der Waals surface area contributed by atoms with Gasteiger partial charge in [-0.3, -0.25) is 34.0 Å². The summed E-state index contributed by atoms with van der Waals surface area (Å²) in [6.45, 7) is 16.8. The lowest BCUT2D eigenvalue weighted by Crippen LogP contribution is -2.59. The second-order valence-corrected chi connectivity index (χ2v) is 19.8. The highest BCUT2D eigenvalue weighted by molar-refractivity contribution is 7.13. The summed E-state index contributed by atoms with van der Waals surface area (Å²) in [5.74, 6) is 0.158. The van der Waals surface area contributed by atoms with Crippen molar-refractivity contribution < 1.29 is 19.5 Å². The van der Waals surface area contributed by atoms with Crippen LogP contribution in [0.4, 0.5) is 17.5 Å². The molecule has 0 spiro atoms. The first-order chi connectivity index (χ1) is 31.1. The monoisotopic (exact) mass is 903 g/mol. The minimum Gasteiger partial charge on any atom is -0.391 e.